The SMILES string of the molecule is O=C(Cc1cccnc1)N[C@H]1CC[C@@H](CCn2cc(-c3ccccc3F)nn2)O[C@@H]1CO. The number of nitrogens with zero attached hydrogens (tertiary/aromatic N) is 4. The van der Waals surface area contributed by atoms with Crippen LogP contribution in [0.3, 0.4) is 0 Å². The van der Waals surface area contributed by atoms with Crippen LogP contribution < -0.4 is 5.32 Å². The molecule has 9 heteroatoms. The van der Waals surface area contributed by atoms with Gasteiger partial charge >= 0.3 is 0 Å². The number of aliphatic hydroxyl groups excluding tert-OH is 1. The number of ether oxygens (including phenoxy) is 1. The van der Waals surface area contributed by atoms with Crippen molar-refractivity contribution in [1.29, 1.82) is 0 Å². The molecule has 168 valence electrons. The van der Waals surface area contributed by atoms with Crippen molar-refractivity contribution in [2.75, 3.05) is 6.61 Å². The molecule has 8 nitrogen and oxygen atoms in total. The highest BCUT2D eigenvalue weighted by Gasteiger charge is 2.31. The molecule has 4 rings (SSSR count). The average Bonchev–Trinajstić information content (AvgIpc) is 3.28. The van der Waals surface area contributed by atoms with E-state index in [9.17, 15) is 14.3 Å². The van der Waals surface area contributed by atoms with Crippen LogP contribution in [0, 0.1) is 5.82 Å². The first-order valence-electron chi connectivity index (χ1n) is 10.7. The Hall–Kier alpha value is -3.17. The van der Waals surface area contributed by atoms with Crippen LogP contribution >= 0.6 is 0 Å². The number of pyridine rings is 1. The van der Waals surface area contributed by atoms with E-state index in [2.05, 4.69) is 20.6 Å². The van der Waals surface area contributed by atoms with Crippen LogP contribution in [0.4, 0.5) is 4.39 Å². The molecule has 2 N–H and O–H groups in total. The second kappa shape index (κ2) is 10.4. The summed E-state index contributed by atoms with van der Waals surface area (Å²) in [4.78, 5) is 16.4. The number of hydrogen-bond acceptors (Lipinski definition) is 6. The summed E-state index contributed by atoms with van der Waals surface area (Å²) >= 11 is 0. The molecule has 0 radical (unpaired) electrons. The lowest BCUT2D eigenvalue weighted by Crippen LogP contribution is -2.51. The Labute approximate surface area is 185 Å². The fourth-order valence-electron chi connectivity index (χ4n) is 3.93. The molecule has 0 bridgehead atoms. The van der Waals surface area contributed by atoms with Crippen molar-refractivity contribution in [1.82, 2.24) is 25.3 Å². The molecule has 3 heterocycles. The third-order valence-electron chi connectivity index (χ3n) is 5.60. The number of carbonyl (C=O) groups is 1. The number of nitrogens with one attached hydrogen (secondary N) is 1. The maximum atomic E-state index is 13.9. The molecular formula is C23H26FN5O3. The van der Waals surface area contributed by atoms with Crippen molar-refractivity contribution in [3.05, 3.63) is 66.4 Å². The summed E-state index contributed by atoms with van der Waals surface area (Å²) in [6.07, 6.45) is 6.89. The predicted molar refractivity (Wildman–Crippen MR) is 115 cm³/mol. The van der Waals surface area contributed by atoms with E-state index in [4.69, 9.17) is 4.74 Å². The molecule has 1 amide bonds. The largest absolute Gasteiger partial charge is 0.394 e. The van der Waals surface area contributed by atoms with Crippen LogP contribution in [0.1, 0.15) is 24.8 Å². The van der Waals surface area contributed by atoms with Gasteiger partial charge in [-0.2, -0.15) is 0 Å². The van der Waals surface area contributed by atoms with E-state index in [1.807, 2.05) is 6.07 Å². The van der Waals surface area contributed by atoms with Gasteiger partial charge in [0.2, 0.25) is 5.91 Å². The van der Waals surface area contributed by atoms with Crippen molar-refractivity contribution >= 4 is 5.91 Å². The maximum Gasteiger partial charge on any atom is 0.224 e. The monoisotopic (exact) mass is 439 g/mol. The molecule has 3 atom stereocenters. The van der Waals surface area contributed by atoms with E-state index in [1.165, 1.54) is 6.07 Å². The van der Waals surface area contributed by atoms with Gasteiger partial charge in [0.25, 0.3) is 0 Å². The van der Waals surface area contributed by atoms with E-state index in [0.717, 1.165) is 12.0 Å². The summed E-state index contributed by atoms with van der Waals surface area (Å²) in [6.45, 7) is 0.386. The van der Waals surface area contributed by atoms with Crippen LogP contribution in [-0.4, -0.2) is 55.8 Å². The summed E-state index contributed by atoms with van der Waals surface area (Å²) in [5, 5.41) is 20.9. The van der Waals surface area contributed by atoms with Gasteiger partial charge in [0, 0.05) is 24.5 Å². The molecular weight excluding hydrogens is 413 g/mol. The zero-order valence-electron chi connectivity index (χ0n) is 17.6. The van der Waals surface area contributed by atoms with E-state index < -0.39 is 6.10 Å². The quantitative estimate of drug-likeness (QED) is 0.558. The van der Waals surface area contributed by atoms with Crippen LogP contribution in [0.5, 0.6) is 0 Å². The van der Waals surface area contributed by atoms with Gasteiger partial charge in [-0.25, -0.2) is 4.39 Å². The number of rotatable bonds is 8. The number of hydrogen-bond donors (Lipinski definition) is 2. The molecule has 1 fully saturated rings. The number of amides is 1. The minimum Gasteiger partial charge on any atom is -0.394 e. The van der Waals surface area contributed by atoms with Crippen molar-refractivity contribution < 1.29 is 19.0 Å². The van der Waals surface area contributed by atoms with Gasteiger partial charge in [-0.1, -0.05) is 23.4 Å². The molecule has 32 heavy (non-hydrogen) atoms. The normalized spacial score (nSPS) is 20.8. The molecule has 1 saturated heterocycles. The summed E-state index contributed by atoms with van der Waals surface area (Å²) in [7, 11) is 0. The highest BCUT2D eigenvalue weighted by Crippen LogP contribution is 2.23. The van der Waals surface area contributed by atoms with E-state index >= 15 is 0 Å². The third kappa shape index (κ3) is 5.54. The van der Waals surface area contributed by atoms with Crippen LogP contribution in [0.25, 0.3) is 11.3 Å². The highest BCUT2D eigenvalue weighted by atomic mass is 19.1. The lowest BCUT2D eigenvalue weighted by Gasteiger charge is -2.36. The van der Waals surface area contributed by atoms with Crippen molar-refractivity contribution in [3.8, 4) is 11.3 Å². The standard InChI is InChI=1S/C23H26FN5O3/c24-19-6-2-1-5-18(19)21-14-29(28-27-21)11-9-17-7-8-20(22(15-30)32-17)26-23(31)12-16-4-3-10-25-13-16/h1-6,10,13-14,17,20,22,30H,7-9,11-12,15H2,(H,26,31)/t17-,20-,22+/m0/s1. The molecule has 0 spiro atoms. The molecule has 0 unspecified atom stereocenters. The Kier molecular flexibility index (Phi) is 7.18. The van der Waals surface area contributed by atoms with Crippen molar-refractivity contribution in [2.45, 2.75) is 50.5 Å². The van der Waals surface area contributed by atoms with Crippen LogP contribution in [0.2, 0.25) is 0 Å². The highest BCUT2D eigenvalue weighted by molar-refractivity contribution is 5.78. The number of halogens is 1. The second-order valence-electron chi connectivity index (χ2n) is 7.90. The lowest BCUT2D eigenvalue weighted by molar-refractivity contribution is -0.128. The topological polar surface area (TPSA) is 102 Å². The van der Waals surface area contributed by atoms with E-state index in [-0.39, 0.29) is 36.9 Å². The van der Waals surface area contributed by atoms with Gasteiger partial charge < -0.3 is 15.2 Å². The molecule has 3 aromatic rings. The minimum atomic E-state index is -0.462. The Morgan fingerprint density at radius 3 is 2.91 bits per heavy atom. The first-order valence-corrected chi connectivity index (χ1v) is 10.7. The van der Waals surface area contributed by atoms with Gasteiger partial charge in [-0.05, 0) is 43.0 Å². The Morgan fingerprint density at radius 1 is 1.25 bits per heavy atom. The second-order valence-corrected chi connectivity index (χ2v) is 7.90. The zero-order chi connectivity index (χ0) is 22.3. The summed E-state index contributed by atoms with van der Waals surface area (Å²) in [5.41, 5.74) is 1.73. The minimum absolute atomic E-state index is 0.0697. The summed E-state index contributed by atoms with van der Waals surface area (Å²) in [6, 6.07) is 9.87. The van der Waals surface area contributed by atoms with Crippen molar-refractivity contribution in [2.24, 2.45) is 0 Å². The molecule has 2 aromatic heterocycles. The van der Waals surface area contributed by atoms with E-state index in [1.54, 1.807) is 47.5 Å². The van der Waals surface area contributed by atoms with Gasteiger partial charge in [-0.15, -0.1) is 5.10 Å². The third-order valence-corrected chi connectivity index (χ3v) is 5.60. The number of benzene rings is 1. The fraction of sp³-hybridized carbons (Fsp3) is 0.391. The van der Waals surface area contributed by atoms with Gasteiger partial charge in [0.15, 0.2) is 0 Å². The van der Waals surface area contributed by atoms with Crippen molar-refractivity contribution in [3.63, 3.8) is 0 Å². The van der Waals surface area contributed by atoms with Gasteiger partial charge in [0.1, 0.15) is 17.6 Å². The predicted octanol–water partition coefficient (Wildman–Crippen LogP) is 2.14. The van der Waals surface area contributed by atoms with Gasteiger partial charge in [0.05, 0.1) is 31.4 Å². The number of aliphatic hydroxyl groups is 1. The molecule has 0 saturated carbocycles. The average molecular weight is 439 g/mol. The molecule has 0 aliphatic carbocycles. The zero-order valence-corrected chi connectivity index (χ0v) is 17.6. The molecule has 1 aliphatic heterocycles. The maximum absolute atomic E-state index is 13.9. The Bertz CT molecular complexity index is 1030. The molecule has 1 aliphatic rings. The first kappa shape index (κ1) is 22.0. The Balaban J connectivity index is 1.27. The number of aryl methyl sites for hydroxylation is 1. The summed E-state index contributed by atoms with van der Waals surface area (Å²) < 4.78 is 21.6. The van der Waals surface area contributed by atoms with E-state index in [0.29, 0.717) is 30.6 Å². The van der Waals surface area contributed by atoms with Crippen LogP contribution in [-0.2, 0) is 22.5 Å². The number of carbonyl (C=O) groups excluding carboxylic acids is 1. The van der Waals surface area contributed by atoms with Gasteiger partial charge in [-0.3, -0.25) is 14.5 Å². The molecule has 1 aromatic carbocycles. The number of aromatic nitrogens is 4. The first-order chi connectivity index (χ1) is 15.6. The Morgan fingerprint density at radius 2 is 2.12 bits per heavy atom. The lowest BCUT2D eigenvalue weighted by atomic mass is 9.97. The fourth-order valence-corrected chi connectivity index (χ4v) is 3.93. The van der Waals surface area contributed by atoms with Crippen LogP contribution in [0.15, 0.2) is 55.0 Å². The smallest absolute Gasteiger partial charge is 0.224 e. The summed E-state index contributed by atoms with van der Waals surface area (Å²) in [5.74, 6) is -0.454.